The van der Waals surface area contributed by atoms with E-state index in [1.54, 1.807) is 12.1 Å². The second-order valence-electron chi connectivity index (χ2n) is 6.44. The smallest absolute Gasteiger partial charge is 0.127 e. The highest BCUT2D eigenvalue weighted by atomic mass is 19.1. The number of nitrogens with one attached hydrogen (secondary N) is 1. The first-order valence-corrected chi connectivity index (χ1v) is 7.65. The van der Waals surface area contributed by atoms with E-state index in [0.29, 0.717) is 5.92 Å². The number of hydrogen-bond donors (Lipinski definition) is 1. The van der Waals surface area contributed by atoms with Gasteiger partial charge >= 0.3 is 0 Å². The molecule has 1 heterocycles. The minimum absolute atomic E-state index is 0.0854. The topological polar surface area (TPSA) is 12.0 Å². The summed E-state index contributed by atoms with van der Waals surface area (Å²) in [5, 5.41) is 3.31. The summed E-state index contributed by atoms with van der Waals surface area (Å²) in [7, 11) is 0. The third-order valence-corrected chi connectivity index (χ3v) is 4.56. The van der Waals surface area contributed by atoms with Gasteiger partial charge in [0.15, 0.2) is 0 Å². The van der Waals surface area contributed by atoms with E-state index in [0.717, 1.165) is 25.1 Å². The zero-order valence-electron chi connectivity index (χ0n) is 12.7. The van der Waals surface area contributed by atoms with Crippen molar-refractivity contribution in [1.82, 2.24) is 5.32 Å². The van der Waals surface area contributed by atoms with Gasteiger partial charge in [-0.05, 0) is 35.1 Å². The quantitative estimate of drug-likeness (QED) is 0.893. The Labute approximate surface area is 126 Å². The summed E-state index contributed by atoms with van der Waals surface area (Å²) in [6, 6.07) is 16.0. The van der Waals surface area contributed by atoms with Crippen LogP contribution in [0, 0.1) is 5.82 Å². The van der Waals surface area contributed by atoms with Crippen LogP contribution < -0.4 is 5.32 Å². The zero-order valence-corrected chi connectivity index (χ0v) is 12.7. The normalized spacial score (nSPS) is 16.8. The summed E-state index contributed by atoms with van der Waals surface area (Å²) in [6.07, 6.45) is 0.888. The van der Waals surface area contributed by atoms with Crippen molar-refractivity contribution in [3.05, 3.63) is 71.0 Å². The Morgan fingerprint density at radius 1 is 1.05 bits per heavy atom. The molecular formula is C19H22FN. The summed E-state index contributed by atoms with van der Waals surface area (Å²) in [4.78, 5) is 0. The standard InChI is InChI=1S/C19H22FN/c1-14(2)16-9-7-15(8-10-16)11-19(12-21-13-19)17-5-3-4-6-18(17)20/h3-10,14,21H,11-13H2,1-2H3. The largest absolute Gasteiger partial charge is 0.315 e. The van der Waals surface area contributed by atoms with Crippen molar-refractivity contribution in [2.45, 2.75) is 31.6 Å². The number of benzene rings is 2. The first-order valence-electron chi connectivity index (χ1n) is 7.65. The Morgan fingerprint density at radius 2 is 1.71 bits per heavy atom. The van der Waals surface area contributed by atoms with Gasteiger partial charge < -0.3 is 5.32 Å². The van der Waals surface area contributed by atoms with Crippen molar-refractivity contribution >= 4 is 0 Å². The van der Waals surface area contributed by atoms with E-state index in [1.165, 1.54) is 11.1 Å². The highest BCUT2D eigenvalue weighted by Gasteiger charge is 2.40. The van der Waals surface area contributed by atoms with Gasteiger partial charge in [0.1, 0.15) is 5.82 Å². The molecule has 0 bridgehead atoms. The molecule has 21 heavy (non-hydrogen) atoms. The van der Waals surface area contributed by atoms with Crippen molar-refractivity contribution in [3.63, 3.8) is 0 Å². The average molecular weight is 283 g/mol. The van der Waals surface area contributed by atoms with Crippen LogP contribution in [0.25, 0.3) is 0 Å². The monoisotopic (exact) mass is 283 g/mol. The fraction of sp³-hybridized carbons (Fsp3) is 0.368. The summed E-state index contributed by atoms with van der Waals surface area (Å²) in [5.41, 5.74) is 3.39. The minimum atomic E-state index is -0.0926. The summed E-state index contributed by atoms with van der Waals surface area (Å²) in [5.74, 6) is 0.461. The van der Waals surface area contributed by atoms with Gasteiger partial charge in [0.25, 0.3) is 0 Å². The maximum absolute atomic E-state index is 14.2. The lowest BCUT2D eigenvalue weighted by molar-refractivity contribution is 0.266. The molecule has 1 fully saturated rings. The minimum Gasteiger partial charge on any atom is -0.315 e. The predicted molar refractivity (Wildman–Crippen MR) is 85.2 cm³/mol. The van der Waals surface area contributed by atoms with Crippen LogP contribution in [0.1, 0.15) is 36.5 Å². The van der Waals surface area contributed by atoms with Gasteiger partial charge in [-0.3, -0.25) is 0 Å². The molecule has 0 unspecified atom stereocenters. The Hall–Kier alpha value is -1.67. The Balaban J connectivity index is 1.86. The summed E-state index contributed by atoms with van der Waals surface area (Å²) < 4.78 is 14.2. The predicted octanol–water partition coefficient (Wildman–Crippen LogP) is 4.03. The highest BCUT2D eigenvalue weighted by Crippen LogP contribution is 2.34. The lowest BCUT2D eigenvalue weighted by atomic mass is 9.70. The number of hydrogen-bond acceptors (Lipinski definition) is 1. The lowest BCUT2D eigenvalue weighted by Gasteiger charge is -2.43. The van der Waals surface area contributed by atoms with E-state index >= 15 is 0 Å². The van der Waals surface area contributed by atoms with Crippen LogP contribution in [0.4, 0.5) is 4.39 Å². The molecule has 1 N–H and O–H groups in total. The van der Waals surface area contributed by atoms with Crippen LogP contribution in [0.2, 0.25) is 0 Å². The zero-order chi connectivity index (χ0) is 14.9. The fourth-order valence-electron chi connectivity index (χ4n) is 3.14. The first kappa shape index (κ1) is 14.3. The highest BCUT2D eigenvalue weighted by molar-refractivity contribution is 5.35. The molecule has 2 aromatic rings. The summed E-state index contributed by atoms with van der Waals surface area (Å²) >= 11 is 0. The Morgan fingerprint density at radius 3 is 2.24 bits per heavy atom. The molecule has 1 aliphatic heterocycles. The van der Waals surface area contributed by atoms with Gasteiger partial charge in [-0.25, -0.2) is 4.39 Å². The maximum Gasteiger partial charge on any atom is 0.127 e. The molecule has 0 spiro atoms. The molecule has 0 saturated carbocycles. The first-order chi connectivity index (χ1) is 10.1. The van der Waals surface area contributed by atoms with Crippen LogP contribution in [-0.4, -0.2) is 13.1 Å². The molecule has 1 aliphatic rings. The molecule has 2 aromatic carbocycles. The van der Waals surface area contributed by atoms with E-state index < -0.39 is 0 Å². The van der Waals surface area contributed by atoms with Gasteiger partial charge in [-0.1, -0.05) is 56.3 Å². The van der Waals surface area contributed by atoms with Gasteiger partial charge in [-0.2, -0.15) is 0 Å². The van der Waals surface area contributed by atoms with Crippen molar-refractivity contribution in [1.29, 1.82) is 0 Å². The van der Waals surface area contributed by atoms with E-state index in [9.17, 15) is 4.39 Å². The number of rotatable bonds is 4. The Bertz CT molecular complexity index is 612. The van der Waals surface area contributed by atoms with Crippen LogP contribution in [0.3, 0.4) is 0 Å². The van der Waals surface area contributed by atoms with Gasteiger partial charge in [0.2, 0.25) is 0 Å². The molecule has 2 heteroatoms. The third-order valence-electron chi connectivity index (χ3n) is 4.56. The maximum atomic E-state index is 14.2. The molecular weight excluding hydrogens is 261 g/mol. The van der Waals surface area contributed by atoms with Crippen molar-refractivity contribution in [2.24, 2.45) is 0 Å². The summed E-state index contributed by atoms with van der Waals surface area (Å²) in [6.45, 7) is 6.09. The SMILES string of the molecule is CC(C)c1ccc(CC2(c3ccccc3F)CNC2)cc1. The molecule has 0 aromatic heterocycles. The van der Waals surface area contributed by atoms with Crippen molar-refractivity contribution in [2.75, 3.05) is 13.1 Å². The van der Waals surface area contributed by atoms with Crippen LogP contribution in [0.5, 0.6) is 0 Å². The van der Waals surface area contributed by atoms with E-state index in [4.69, 9.17) is 0 Å². The van der Waals surface area contributed by atoms with Crippen molar-refractivity contribution in [3.8, 4) is 0 Å². The second-order valence-corrected chi connectivity index (χ2v) is 6.44. The van der Waals surface area contributed by atoms with E-state index in [1.807, 2.05) is 12.1 Å². The average Bonchev–Trinajstić information content (AvgIpc) is 2.44. The molecule has 0 radical (unpaired) electrons. The second kappa shape index (κ2) is 5.61. The van der Waals surface area contributed by atoms with E-state index in [-0.39, 0.29) is 11.2 Å². The molecule has 3 rings (SSSR count). The third kappa shape index (κ3) is 2.73. The fourth-order valence-corrected chi connectivity index (χ4v) is 3.14. The van der Waals surface area contributed by atoms with Crippen molar-refractivity contribution < 1.29 is 4.39 Å². The van der Waals surface area contributed by atoms with E-state index in [2.05, 4.69) is 43.4 Å². The Kier molecular flexibility index (Phi) is 3.81. The molecule has 1 saturated heterocycles. The van der Waals surface area contributed by atoms with Gasteiger partial charge in [-0.15, -0.1) is 0 Å². The van der Waals surface area contributed by atoms with Crippen LogP contribution in [-0.2, 0) is 11.8 Å². The molecule has 0 amide bonds. The molecule has 1 nitrogen and oxygen atoms in total. The number of halogens is 1. The molecule has 110 valence electrons. The van der Waals surface area contributed by atoms with Crippen LogP contribution >= 0.6 is 0 Å². The molecule has 0 aliphatic carbocycles. The van der Waals surface area contributed by atoms with Gasteiger partial charge in [0, 0.05) is 18.5 Å². The van der Waals surface area contributed by atoms with Gasteiger partial charge in [0.05, 0.1) is 0 Å². The lowest BCUT2D eigenvalue weighted by Crippen LogP contribution is -2.58. The van der Waals surface area contributed by atoms with Crippen LogP contribution in [0.15, 0.2) is 48.5 Å². The molecule has 0 atom stereocenters.